The number of benzene rings is 1. The molecule has 3 heterocycles. The van der Waals surface area contributed by atoms with Gasteiger partial charge in [0, 0.05) is 42.4 Å². The van der Waals surface area contributed by atoms with Crippen LogP contribution in [0.4, 0.5) is 0 Å². The molecule has 2 aliphatic heterocycles. The largest absolute Gasteiger partial charge is 0.481 e. The molecule has 2 fully saturated rings. The molecule has 0 aliphatic carbocycles. The number of hydrogen-bond acceptors (Lipinski definition) is 5. The number of ether oxygens (including phenoxy) is 2. The van der Waals surface area contributed by atoms with Crippen LogP contribution in [0, 0.1) is 12.8 Å². The number of piperidine rings is 1. The average molecular weight is 366 g/mol. The molecule has 5 nitrogen and oxygen atoms in total. The molecule has 0 N–H and O–H groups in total. The van der Waals surface area contributed by atoms with Gasteiger partial charge in [-0.3, -0.25) is 9.69 Å². The third-order valence-corrected chi connectivity index (χ3v) is 5.81. The van der Waals surface area contributed by atoms with Gasteiger partial charge in [0.1, 0.15) is 0 Å². The molecule has 2 unspecified atom stereocenters. The number of hydrogen-bond donors (Lipinski definition) is 0. The smallest absolute Gasteiger partial charge is 0.213 e. The second kappa shape index (κ2) is 7.79. The number of methoxy groups -OCH3 is 1. The molecule has 142 valence electrons. The molecule has 2 atom stereocenters. The zero-order valence-corrected chi connectivity index (χ0v) is 15.9. The Morgan fingerprint density at radius 1 is 1.22 bits per heavy atom. The van der Waals surface area contributed by atoms with Crippen LogP contribution < -0.4 is 4.74 Å². The van der Waals surface area contributed by atoms with Crippen LogP contribution in [0.5, 0.6) is 5.88 Å². The van der Waals surface area contributed by atoms with E-state index in [4.69, 9.17) is 9.47 Å². The molecule has 2 saturated heterocycles. The Hall–Kier alpha value is -2.24. The molecule has 0 amide bonds. The molecule has 2 aromatic rings. The maximum atomic E-state index is 13.2. The number of pyridine rings is 1. The number of carbonyl (C=O) groups is 1. The number of ketones is 1. The fraction of sp³-hybridized carbons (Fsp3) is 0.455. The summed E-state index contributed by atoms with van der Waals surface area (Å²) in [5.74, 6) is 0.788. The Balaban J connectivity index is 1.50. The summed E-state index contributed by atoms with van der Waals surface area (Å²) in [5.41, 5.74) is 2.96. The van der Waals surface area contributed by atoms with Gasteiger partial charge in [0.2, 0.25) is 5.88 Å². The van der Waals surface area contributed by atoms with E-state index in [1.807, 2.05) is 19.1 Å². The van der Waals surface area contributed by atoms with Crippen LogP contribution in [0.2, 0.25) is 0 Å². The highest BCUT2D eigenvalue weighted by atomic mass is 16.5. The highest BCUT2D eigenvalue weighted by Gasteiger charge is 2.41. The average Bonchev–Trinajstić information content (AvgIpc) is 2.68. The van der Waals surface area contributed by atoms with E-state index in [2.05, 4.69) is 34.1 Å². The highest BCUT2D eigenvalue weighted by Crippen LogP contribution is 2.35. The quantitative estimate of drug-likeness (QED) is 0.760. The first kappa shape index (κ1) is 18.1. The first-order chi connectivity index (χ1) is 13.2. The van der Waals surface area contributed by atoms with Gasteiger partial charge in [-0.1, -0.05) is 30.3 Å². The molecule has 0 radical (unpaired) electrons. The third kappa shape index (κ3) is 3.75. The Bertz CT molecular complexity index is 794. The number of fused-ring (bicyclic) bond motifs is 2. The number of Topliss-reactive ketones (excluding diaryl/α,β-unsaturated/α-hetero) is 1. The molecule has 2 aliphatic rings. The van der Waals surface area contributed by atoms with Crippen molar-refractivity contribution in [1.82, 2.24) is 9.88 Å². The molecule has 27 heavy (non-hydrogen) atoms. The summed E-state index contributed by atoms with van der Waals surface area (Å²) in [7, 11) is 1.59. The summed E-state index contributed by atoms with van der Waals surface area (Å²) in [6, 6.07) is 13.0. The van der Waals surface area contributed by atoms with E-state index in [9.17, 15) is 4.79 Å². The molecular weight excluding hydrogens is 340 g/mol. The fourth-order valence-corrected chi connectivity index (χ4v) is 4.38. The summed E-state index contributed by atoms with van der Waals surface area (Å²) in [6.45, 7) is 4.27. The summed E-state index contributed by atoms with van der Waals surface area (Å²) < 4.78 is 11.0. The van der Waals surface area contributed by atoms with Crippen LogP contribution >= 0.6 is 0 Å². The monoisotopic (exact) mass is 366 g/mol. The molecule has 1 aromatic carbocycles. The van der Waals surface area contributed by atoms with Crippen LogP contribution in [0.25, 0.3) is 0 Å². The van der Waals surface area contributed by atoms with Crippen molar-refractivity contribution in [3.8, 4) is 5.88 Å². The minimum absolute atomic E-state index is 0.0322. The minimum Gasteiger partial charge on any atom is -0.481 e. The van der Waals surface area contributed by atoms with E-state index in [1.54, 1.807) is 13.3 Å². The zero-order chi connectivity index (χ0) is 18.8. The molecule has 1 aromatic heterocycles. The number of nitrogens with zero attached hydrogens (tertiary/aromatic N) is 2. The van der Waals surface area contributed by atoms with Crippen molar-refractivity contribution in [3.05, 3.63) is 59.3 Å². The molecule has 5 heteroatoms. The number of morpholine rings is 1. The van der Waals surface area contributed by atoms with Gasteiger partial charge >= 0.3 is 0 Å². The van der Waals surface area contributed by atoms with Gasteiger partial charge in [-0.2, -0.15) is 0 Å². The van der Waals surface area contributed by atoms with E-state index in [0.29, 0.717) is 19.1 Å². The second-order valence-electron chi connectivity index (χ2n) is 7.58. The van der Waals surface area contributed by atoms with Crippen LogP contribution in [0.15, 0.2) is 42.6 Å². The first-order valence-electron chi connectivity index (χ1n) is 9.58. The van der Waals surface area contributed by atoms with Crippen molar-refractivity contribution < 1.29 is 14.3 Å². The molecule has 2 bridgehead atoms. The van der Waals surface area contributed by atoms with Crippen molar-refractivity contribution in [1.29, 1.82) is 0 Å². The van der Waals surface area contributed by atoms with Gasteiger partial charge in [0.05, 0.1) is 20.3 Å². The zero-order valence-electron chi connectivity index (χ0n) is 15.9. The summed E-state index contributed by atoms with van der Waals surface area (Å²) in [6.07, 6.45) is 3.35. The molecule has 4 rings (SSSR count). The van der Waals surface area contributed by atoms with E-state index in [-0.39, 0.29) is 23.8 Å². The van der Waals surface area contributed by atoms with E-state index < -0.39 is 0 Å². The number of aryl methyl sites for hydroxylation is 1. The van der Waals surface area contributed by atoms with Crippen molar-refractivity contribution in [2.45, 2.75) is 38.4 Å². The normalized spacial score (nSPS) is 25.2. The number of carbonyl (C=O) groups excluding carboxylic acids is 1. The summed E-state index contributed by atoms with van der Waals surface area (Å²) >= 11 is 0. The van der Waals surface area contributed by atoms with Crippen molar-refractivity contribution in [3.63, 3.8) is 0 Å². The van der Waals surface area contributed by atoms with Gasteiger partial charge in [-0.15, -0.1) is 0 Å². The lowest BCUT2D eigenvalue weighted by Gasteiger charge is -2.48. The van der Waals surface area contributed by atoms with Gasteiger partial charge in [-0.25, -0.2) is 4.98 Å². The predicted molar refractivity (Wildman–Crippen MR) is 103 cm³/mol. The van der Waals surface area contributed by atoms with E-state index in [1.165, 1.54) is 5.56 Å². The molecular formula is C22H26N2O3. The van der Waals surface area contributed by atoms with Gasteiger partial charge in [-0.05, 0) is 30.9 Å². The summed E-state index contributed by atoms with van der Waals surface area (Å²) in [4.78, 5) is 19.9. The molecule has 0 saturated carbocycles. The first-order valence-corrected chi connectivity index (χ1v) is 9.58. The lowest BCUT2D eigenvalue weighted by atomic mass is 9.80. The summed E-state index contributed by atoms with van der Waals surface area (Å²) in [5, 5.41) is 0. The van der Waals surface area contributed by atoms with Crippen molar-refractivity contribution >= 4 is 5.78 Å². The highest BCUT2D eigenvalue weighted by molar-refractivity contribution is 5.99. The van der Waals surface area contributed by atoms with E-state index in [0.717, 1.165) is 30.5 Å². The Labute approximate surface area is 160 Å². The van der Waals surface area contributed by atoms with Crippen LogP contribution in [0.3, 0.4) is 0 Å². The lowest BCUT2D eigenvalue weighted by molar-refractivity contribution is -0.0872. The maximum Gasteiger partial charge on any atom is 0.213 e. The lowest BCUT2D eigenvalue weighted by Crippen LogP contribution is -2.57. The van der Waals surface area contributed by atoms with Crippen LogP contribution in [0.1, 0.15) is 34.3 Å². The van der Waals surface area contributed by atoms with Gasteiger partial charge in [0.15, 0.2) is 5.78 Å². The second-order valence-corrected chi connectivity index (χ2v) is 7.58. The Morgan fingerprint density at radius 2 is 1.93 bits per heavy atom. The molecule has 0 spiro atoms. The Morgan fingerprint density at radius 3 is 2.56 bits per heavy atom. The SMILES string of the molecule is COc1cc(C)c(C(=O)C2CC3COCC(C2)N3Cc2ccccc2)cn1. The fourth-order valence-electron chi connectivity index (χ4n) is 4.38. The van der Waals surface area contributed by atoms with Crippen LogP contribution in [-0.4, -0.2) is 48.1 Å². The maximum absolute atomic E-state index is 13.2. The van der Waals surface area contributed by atoms with Gasteiger partial charge < -0.3 is 9.47 Å². The minimum atomic E-state index is 0.0322. The standard InChI is InChI=1S/C22H26N2O3/c1-15-8-21(26-2)23-11-20(15)22(25)17-9-18-13-27-14-19(10-17)24(18)12-16-6-4-3-5-7-16/h3-8,11,17-19H,9-10,12-14H2,1-2H3. The van der Waals surface area contributed by atoms with Crippen LogP contribution in [-0.2, 0) is 11.3 Å². The topological polar surface area (TPSA) is 51.7 Å². The predicted octanol–water partition coefficient (Wildman–Crippen LogP) is 3.26. The number of aromatic nitrogens is 1. The number of rotatable bonds is 5. The Kier molecular flexibility index (Phi) is 5.23. The third-order valence-electron chi connectivity index (χ3n) is 5.81. The van der Waals surface area contributed by atoms with Gasteiger partial charge in [0.25, 0.3) is 0 Å². The van der Waals surface area contributed by atoms with Crippen molar-refractivity contribution in [2.24, 2.45) is 5.92 Å². The van der Waals surface area contributed by atoms with E-state index >= 15 is 0 Å². The van der Waals surface area contributed by atoms with Crippen molar-refractivity contribution in [2.75, 3.05) is 20.3 Å².